The molecule has 8 rings (SSSR count). The molecule has 186 valence electrons. The summed E-state index contributed by atoms with van der Waals surface area (Å²) in [7, 11) is 0. The highest BCUT2D eigenvalue weighted by molar-refractivity contribution is 5.84. The third-order valence-electron chi connectivity index (χ3n) is 7.97. The quantitative estimate of drug-likeness (QED) is 0.235. The molecule has 4 heteroatoms. The van der Waals surface area contributed by atoms with Crippen LogP contribution in [0.15, 0.2) is 109 Å². The van der Waals surface area contributed by atoms with Gasteiger partial charge in [0.25, 0.3) is 0 Å². The van der Waals surface area contributed by atoms with Gasteiger partial charge in [-0.15, -0.1) is 0 Å². The third kappa shape index (κ3) is 3.38. The Morgan fingerprint density at radius 3 is 2.18 bits per heavy atom. The van der Waals surface area contributed by atoms with Crippen molar-refractivity contribution in [1.29, 1.82) is 0 Å². The van der Waals surface area contributed by atoms with Crippen LogP contribution in [0.5, 0.6) is 23.0 Å². The minimum atomic E-state index is -0.0987. The molecule has 5 aromatic carbocycles. The summed E-state index contributed by atoms with van der Waals surface area (Å²) in [5, 5.41) is 0. The van der Waals surface area contributed by atoms with Crippen molar-refractivity contribution in [3.8, 4) is 56.5 Å². The smallest absolute Gasteiger partial charge is 0.170 e. The van der Waals surface area contributed by atoms with E-state index in [2.05, 4.69) is 91.6 Å². The predicted octanol–water partition coefficient (Wildman–Crippen LogP) is 9.17. The third-order valence-corrected chi connectivity index (χ3v) is 7.97. The van der Waals surface area contributed by atoms with Crippen molar-refractivity contribution in [3.05, 3.63) is 120 Å². The van der Waals surface area contributed by atoms with E-state index in [0.29, 0.717) is 11.5 Å². The van der Waals surface area contributed by atoms with Crippen molar-refractivity contribution in [2.45, 2.75) is 19.3 Å². The Balaban J connectivity index is 1.15. The molecule has 39 heavy (non-hydrogen) atoms. The first kappa shape index (κ1) is 22.1. The molecule has 0 amide bonds. The van der Waals surface area contributed by atoms with Gasteiger partial charge >= 0.3 is 0 Å². The van der Waals surface area contributed by atoms with Crippen LogP contribution in [-0.2, 0) is 5.41 Å². The number of para-hydroxylation sites is 2. The van der Waals surface area contributed by atoms with E-state index in [9.17, 15) is 0 Å². The van der Waals surface area contributed by atoms with Crippen molar-refractivity contribution >= 4 is 11.0 Å². The highest BCUT2D eigenvalue weighted by Gasteiger charge is 2.37. The topological polar surface area (TPSA) is 44.2 Å². The van der Waals surface area contributed by atoms with Crippen LogP contribution in [0.2, 0.25) is 0 Å². The summed E-state index contributed by atoms with van der Waals surface area (Å²) in [6.07, 6.45) is 1.83. The Morgan fingerprint density at radius 2 is 1.26 bits per heavy atom. The lowest BCUT2D eigenvalue weighted by atomic mass is 9.82. The molecule has 0 saturated heterocycles. The van der Waals surface area contributed by atoms with Gasteiger partial charge in [-0.05, 0) is 75.8 Å². The highest BCUT2D eigenvalue weighted by atomic mass is 16.6. The Kier molecular flexibility index (Phi) is 4.54. The molecule has 1 aromatic heterocycles. The molecule has 0 spiro atoms. The summed E-state index contributed by atoms with van der Waals surface area (Å²) in [6, 6.07) is 35.3. The fraction of sp³-hybridized carbons (Fsp3) is 0.0857. The van der Waals surface area contributed by atoms with Gasteiger partial charge in [-0.25, -0.2) is 4.98 Å². The van der Waals surface area contributed by atoms with Crippen molar-refractivity contribution in [2.75, 3.05) is 0 Å². The minimum Gasteiger partial charge on any atom is -0.449 e. The predicted molar refractivity (Wildman–Crippen MR) is 155 cm³/mol. The molecule has 2 heterocycles. The van der Waals surface area contributed by atoms with E-state index in [0.717, 1.165) is 44.9 Å². The molecule has 0 fully saturated rings. The van der Waals surface area contributed by atoms with Crippen molar-refractivity contribution in [2.24, 2.45) is 0 Å². The second-order valence-corrected chi connectivity index (χ2v) is 10.7. The van der Waals surface area contributed by atoms with E-state index < -0.39 is 0 Å². The van der Waals surface area contributed by atoms with E-state index in [1.165, 1.54) is 22.3 Å². The Labute approximate surface area is 226 Å². The van der Waals surface area contributed by atoms with Crippen LogP contribution in [0, 0.1) is 0 Å². The first-order valence-electron chi connectivity index (χ1n) is 13.2. The monoisotopic (exact) mass is 504 g/mol. The van der Waals surface area contributed by atoms with Gasteiger partial charge in [0.15, 0.2) is 23.0 Å². The largest absolute Gasteiger partial charge is 0.449 e. The Bertz CT molecular complexity index is 1960. The maximum atomic E-state index is 6.47. The van der Waals surface area contributed by atoms with E-state index in [4.69, 9.17) is 14.5 Å². The fourth-order valence-corrected chi connectivity index (χ4v) is 5.91. The highest BCUT2D eigenvalue weighted by Crippen LogP contribution is 2.55. The molecule has 0 N–H and O–H groups in total. The number of rotatable bonds is 2. The molecular weight excluding hydrogens is 480 g/mol. The lowest BCUT2D eigenvalue weighted by Gasteiger charge is -2.25. The zero-order chi connectivity index (χ0) is 26.1. The summed E-state index contributed by atoms with van der Waals surface area (Å²) < 4.78 is 12.8. The number of nitrogens with zero attached hydrogens (tertiary/aromatic N) is 2. The molecule has 0 atom stereocenters. The summed E-state index contributed by atoms with van der Waals surface area (Å²) in [5.74, 6) is 2.93. The molecule has 0 saturated carbocycles. The average molecular weight is 505 g/mol. The van der Waals surface area contributed by atoms with Crippen LogP contribution in [0.25, 0.3) is 44.5 Å². The summed E-state index contributed by atoms with van der Waals surface area (Å²) >= 11 is 0. The van der Waals surface area contributed by atoms with Gasteiger partial charge in [0, 0.05) is 11.0 Å². The zero-order valence-corrected chi connectivity index (χ0v) is 21.6. The SMILES string of the molecule is CC1(C)c2ccccc2-c2cc3c(cc21)Oc1cc(-c2cccc(-c4cnc5ccccc5n4)c2)ccc1O3. The number of aromatic nitrogens is 2. The standard InChI is InChI=1S/C35H24N2O2/c1-35(2)26-11-4-3-10-24(26)25-18-33-34(19-27(25)35)39-32-17-22(14-15-31(32)38-33)21-8-7-9-23(16-21)30-20-36-28-12-5-6-13-29(28)37-30/h3-20H,1-2H3. The van der Waals surface area contributed by atoms with Gasteiger partial charge in [-0.2, -0.15) is 0 Å². The van der Waals surface area contributed by atoms with Crippen LogP contribution in [-0.4, -0.2) is 9.97 Å². The van der Waals surface area contributed by atoms with Crippen molar-refractivity contribution in [3.63, 3.8) is 0 Å². The van der Waals surface area contributed by atoms with Gasteiger partial charge < -0.3 is 9.47 Å². The fourth-order valence-electron chi connectivity index (χ4n) is 5.91. The van der Waals surface area contributed by atoms with E-state index in [-0.39, 0.29) is 5.41 Å². The molecule has 1 aliphatic carbocycles. The summed E-state index contributed by atoms with van der Waals surface area (Å²) in [6.45, 7) is 4.54. The molecule has 0 radical (unpaired) electrons. The second-order valence-electron chi connectivity index (χ2n) is 10.7. The van der Waals surface area contributed by atoms with E-state index >= 15 is 0 Å². The van der Waals surface area contributed by atoms with Crippen molar-refractivity contribution in [1.82, 2.24) is 9.97 Å². The first-order valence-corrected chi connectivity index (χ1v) is 13.2. The molecule has 0 unspecified atom stereocenters. The van der Waals surface area contributed by atoms with Crippen molar-refractivity contribution < 1.29 is 9.47 Å². The van der Waals surface area contributed by atoms with Crippen LogP contribution in [0.3, 0.4) is 0 Å². The van der Waals surface area contributed by atoms with Gasteiger partial charge in [0.05, 0.1) is 22.9 Å². The molecule has 1 aliphatic heterocycles. The van der Waals surface area contributed by atoms with Crippen LogP contribution >= 0.6 is 0 Å². The Morgan fingerprint density at radius 1 is 0.538 bits per heavy atom. The van der Waals surface area contributed by atoms with E-state index in [1.807, 2.05) is 36.5 Å². The number of ether oxygens (including phenoxy) is 2. The van der Waals surface area contributed by atoms with Crippen LogP contribution in [0.1, 0.15) is 25.0 Å². The lowest BCUT2D eigenvalue weighted by Crippen LogP contribution is -2.15. The maximum absolute atomic E-state index is 6.47. The molecular formula is C35H24N2O2. The summed E-state index contributed by atoms with van der Waals surface area (Å²) in [5.41, 5.74) is 10.7. The normalized spacial score (nSPS) is 14.0. The number of fused-ring (bicyclic) bond motifs is 6. The van der Waals surface area contributed by atoms with Crippen LogP contribution < -0.4 is 9.47 Å². The minimum absolute atomic E-state index is 0.0987. The average Bonchev–Trinajstić information content (AvgIpc) is 3.20. The number of benzene rings is 5. The lowest BCUT2D eigenvalue weighted by molar-refractivity contribution is 0.359. The molecule has 6 aromatic rings. The molecule has 4 nitrogen and oxygen atoms in total. The first-order chi connectivity index (χ1) is 19.0. The molecule has 2 aliphatic rings. The van der Waals surface area contributed by atoms with Gasteiger partial charge in [0.1, 0.15) is 0 Å². The van der Waals surface area contributed by atoms with Gasteiger partial charge in [0.2, 0.25) is 0 Å². The second kappa shape index (κ2) is 8.02. The van der Waals surface area contributed by atoms with Gasteiger partial charge in [-0.1, -0.05) is 74.5 Å². The maximum Gasteiger partial charge on any atom is 0.170 e. The number of hydrogen-bond acceptors (Lipinski definition) is 4. The summed E-state index contributed by atoms with van der Waals surface area (Å²) in [4.78, 5) is 9.41. The van der Waals surface area contributed by atoms with Crippen LogP contribution in [0.4, 0.5) is 0 Å². The van der Waals surface area contributed by atoms with E-state index in [1.54, 1.807) is 0 Å². The number of hydrogen-bond donors (Lipinski definition) is 0. The molecule has 0 bridgehead atoms. The van der Waals surface area contributed by atoms with Gasteiger partial charge in [-0.3, -0.25) is 4.98 Å². The zero-order valence-electron chi connectivity index (χ0n) is 21.6. The Hall–Kier alpha value is -4.96.